The minimum atomic E-state index is 0.404. The minimum Gasteiger partial charge on any atom is -0.368 e. The molecule has 2 aliphatic rings. The van der Waals surface area contributed by atoms with Crippen molar-refractivity contribution < 1.29 is 0 Å². The molecule has 1 saturated heterocycles. The molecular formula is C12H21N5. The number of nitrogen functional groups attached to an aromatic ring is 1. The van der Waals surface area contributed by atoms with Crippen molar-refractivity contribution in [3.05, 3.63) is 0 Å². The van der Waals surface area contributed by atoms with Crippen LogP contribution in [-0.2, 0) is 0 Å². The predicted octanol–water partition coefficient (Wildman–Crippen LogP) is 1.82. The molecule has 94 valence electrons. The van der Waals surface area contributed by atoms with Gasteiger partial charge in [0.15, 0.2) is 0 Å². The van der Waals surface area contributed by atoms with Gasteiger partial charge in [0.05, 0.1) is 6.04 Å². The Morgan fingerprint density at radius 3 is 2.59 bits per heavy atom. The van der Waals surface area contributed by atoms with Crippen LogP contribution in [0.5, 0.6) is 0 Å². The molecule has 2 N–H and O–H groups in total. The van der Waals surface area contributed by atoms with Gasteiger partial charge in [-0.15, -0.1) is 5.10 Å². The van der Waals surface area contributed by atoms with Crippen LogP contribution in [0.3, 0.4) is 0 Å². The van der Waals surface area contributed by atoms with Crippen LogP contribution < -0.4 is 10.6 Å². The van der Waals surface area contributed by atoms with Crippen LogP contribution >= 0.6 is 0 Å². The van der Waals surface area contributed by atoms with Crippen molar-refractivity contribution in [3.8, 4) is 0 Å². The van der Waals surface area contributed by atoms with Gasteiger partial charge in [0.2, 0.25) is 11.9 Å². The van der Waals surface area contributed by atoms with E-state index in [-0.39, 0.29) is 0 Å². The molecule has 2 fully saturated rings. The monoisotopic (exact) mass is 235 g/mol. The summed E-state index contributed by atoms with van der Waals surface area (Å²) in [5.41, 5.74) is 5.98. The SMILES string of the molecule is CC(C1CC1)n1nc(N2CCCCC2)nc1N. The fourth-order valence-corrected chi connectivity index (χ4v) is 2.63. The molecule has 0 spiro atoms. The molecule has 1 aliphatic heterocycles. The Kier molecular flexibility index (Phi) is 2.68. The van der Waals surface area contributed by atoms with Crippen molar-refractivity contribution in [2.24, 2.45) is 5.92 Å². The van der Waals surface area contributed by atoms with Gasteiger partial charge in [0.1, 0.15) is 0 Å². The van der Waals surface area contributed by atoms with E-state index in [4.69, 9.17) is 5.73 Å². The molecule has 1 saturated carbocycles. The number of nitrogens with zero attached hydrogens (tertiary/aromatic N) is 4. The summed E-state index contributed by atoms with van der Waals surface area (Å²) in [6.07, 6.45) is 6.42. The largest absolute Gasteiger partial charge is 0.368 e. The molecule has 0 aromatic carbocycles. The average Bonchev–Trinajstić information content (AvgIpc) is 3.13. The second-order valence-corrected chi connectivity index (χ2v) is 5.34. The predicted molar refractivity (Wildman–Crippen MR) is 67.9 cm³/mol. The third kappa shape index (κ3) is 2.10. The average molecular weight is 235 g/mol. The van der Waals surface area contributed by atoms with Crippen molar-refractivity contribution in [2.75, 3.05) is 23.7 Å². The lowest BCUT2D eigenvalue weighted by Gasteiger charge is -2.25. The van der Waals surface area contributed by atoms with Crippen molar-refractivity contribution in [1.82, 2.24) is 14.8 Å². The second-order valence-electron chi connectivity index (χ2n) is 5.34. The highest BCUT2D eigenvalue weighted by Gasteiger charge is 2.31. The number of nitrogens with two attached hydrogens (primary N) is 1. The molecule has 0 radical (unpaired) electrons. The molecule has 1 aliphatic carbocycles. The number of rotatable bonds is 3. The number of anilines is 2. The second kappa shape index (κ2) is 4.20. The Morgan fingerprint density at radius 1 is 1.24 bits per heavy atom. The van der Waals surface area contributed by atoms with E-state index < -0.39 is 0 Å². The fourth-order valence-electron chi connectivity index (χ4n) is 2.63. The highest BCUT2D eigenvalue weighted by atomic mass is 15.5. The number of hydrogen-bond acceptors (Lipinski definition) is 4. The summed E-state index contributed by atoms with van der Waals surface area (Å²) in [7, 11) is 0. The van der Waals surface area contributed by atoms with Crippen molar-refractivity contribution >= 4 is 11.9 Å². The Balaban J connectivity index is 1.79. The number of piperidine rings is 1. The summed E-state index contributed by atoms with van der Waals surface area (Å²) >= 11 is 0. The third-order valence-electron chi connectivity index (χ3n) is 3.98. The first-order valence-corrected chi connectivity index (χ1v) is 6.72. The van der Waals surface area contributed by atoms with Gasteiger partial charge in [-0.05, 0) is 44.9 Å². The van der Waals surface area contributed by atoms with Crippen molar-refractivity contribution in [2.45, 2.75) is 45.1 Å². The minimum absolute atomic E-state index is 0.404. The molecule has 5 heteroatoms. The molecule has 2 heterocycles. The van der Waals surface area contributed by atoms with E-state index in [0.29, 0.717) is 12.0 Å². The maximum absolute atomic E-state index is 5.98. The lowest BCUT2D eigenvalue weighted by Crippen LogP contribution is -2.30. The molecule has 17 heavy (non-hydrogen) atoms. The van der Waals surface area contributed by atoms with Crippen LogP contribution in [0.1, 0.15) is 45.1 Å². The van der Waals surface area contributed by atoms with Gasteiger partial charge in [-0.2, -0.15) is 4.98 Å². The maximum atomic E-state index is 5.98. The quantitative estimate of drug-likeness (QED) is 0.868. The normalized spacial score (nSPS) is 22.8. The van der Waals surface area contributed by atoms with Crippen LogP contribution in [0.15, 0.2) is 0 Å². The molecule has 1 atom stereocenters. The van der Waals surface area contributed by atoms with Gasteiger partial charge in [0.25, 0.3) is 0 Å². The van der Waals surface area contributed by atoms with E-state index in [1.54, 1.807) is 0 Å². The number of aromatic nitrogens is 3. The summed E-state index contributed by atoms with van der Waals surface area (Å²) in [6, 6.07) is 0.404. The van der Waals surface area contributed by atoms with Crippen molar-refractivity contribution in [3.63, 3.8) is 0 Å². The topological polar surface area (TPSA) is 60.0 Å². The van der Waals surface area contributed by atoms with E-state index in [0.717, 1.165) is 25.0 Å². The lowest BCUT2D eigenvalue weighted by atomic mass is 10.1. The standard InChI is InChI=1S/C12H21N5/c1-9(10-5-6-10)17-11(13)14-12(15-17)16-7-3-2-4-8-16/h9-10H,2-8H2,1H3,(H2,13,14,15). The summed E-state index contributed by atoms with van der Waals surface area (Å²) in [5, 5.41) is 4.60. The Labute approximate surface area is 102 Å². The highest BCUT2D eigenvalue weighted by molar-refractivity contribution is 5.35. The fraction of sp³-hybridized carbons (Fsp3) is 0.833. The first-order valence-electron chi connectivity index (χ1n) is 6.72. The smallest absolute Gasteiger partial charge is 0.246 e. The van der Waals surface area contributed by atoms with Crippen LogP contribution in [0.25, 0.3) is 0 Å². The molecule has 1 unspecified atom stereocenters. The van der Waals surface area contributed by atoms with Crippen LogP contribution in [-0.4, -0.2) is 27.9 Å². The number of hydrogen-bond donors (Lipinski definition) is 1. The first-order chi connectivity index (χ1) is 8.25. The van der Waals surface area contributed by atoms with Crippen LogP contribution in [0, 0.1) is 5.92 Å². The summed E-state index contributed by atoms with van der Waals surface area (Å²) < 4.78 is 1.92. The molecule has 1 aromatic rings. The summed E-state index contributed by atoms with van der Waals surface area (Å²) in [6.45, 7) is 4.34. The maximum Gasteiger partial charge on any atom is 0.246 e. The van der Waals surface area contributed by atoms with Gasteiger partial charge >= 0.3 is 0 Å². The van der Waals surface area contributed by atoms with Gasteiger partial charge in [-0.3, -0.25) is 0 Å². The van der Waals surface area contributed by atoms with Crippen LogP contribution in [0.4, 0.5) is 11.9 Å². The molecule has 5 nitrogen and oxygen atoms in total. The Bertz CT molecular complexity index is 390. The highest BCUT2D eigenvalue weighted by Crippen LogP contribution is 2.40. The van der Waals surface area contributed by atoms with E-state index in [1.165, 1.54) is 32.1 Å². The molecular weight excluding hydrogens is 214 g/mol. The third-order valence-corrected chi connectivity index (χ3v) is 3.98. The molecule has 0 bridgehead atoms. The van der Waals surface area contributed by atoms with Gasteiger partial charge in [-0.1, -0.05) is 0 Å². The van der Waals surface area contributed by atoms with E-state index >= 15 is 0 Å². The zero-order chi connectivity index (χ0) is 11.8. The molecule has 1 aromatic heterocycles. The zero-order valence-electron chi connectivity index (χ0n) is 10.5. The van der Waals surface area contributed by atoms with Crippen molar-refractivity contribution in [1.29, 1.82) is 0 Å². The Hall–Kier alpha value is -1.26. The zero-order valence-corrected chi connectivity index (χ0v) is 10.5. The molecule has 3 rings (SSSR count). The van der Waals surface area contributed by atoms with E-state index in [1.807, 2.05) is 4.68 Å². The summed E-state index contributed by atoms with van der Waals surface area (Å²) in [4.78, 5) is 6.68. The first kappa shape index (κ1) is 10.9. The van der Waals surface area contributed by atoms with Gasteiger partial charge in [0, 0.05) is 13.1 Å². The van der Waals surface area contributed by atoms with Gasteiger partial charge < -0.3 is 10.6 Å². The summed E-state index contributed by atoms with van der Waals surface area (Å²) in [5.74, 6) is 2.16. The van der Waals surface area contributed by atoms with Crippen LogP contribution in [0.2, 0.25) is 0 Å². The van der Waals surface area contributed by atoms with Gasteiger partial charge in [-0.25, -0.2) is 4.68 Å². The molecule has 0 amide bonds. The lowest BCUT2D eigenvalue weighted by molar-refractivity contribution is 0.444. The Morgan fingerprint density at radius 2 is 1.94 bits per heavy atom. The van der Waals surface area contributed by atoms with E-state index in [2.05, 4.69) is 21.9 Å². The van der Waals surface area contributed by atoms with E-state index in [9.17, 15) is 0 Å².